The van der Waals surface area contributed by atoms with Crippen molar-refractivity contribution < 1.29 is 19.1 Å². The molecule has 0 N–H and O–H groups in total. The molecular formula is C19H24N2O4. The minimum atomic E-state index is -0.594. The van der Waals surface area contributed by atoms with Crippen LogP contribution in [0.3, 0.4) is 0 Å². The number of aldehydes is 1. The number of likely N-dealkylation sites (tertiary alicyclic amines) is 1. The predicted octanol–water partition coefficient (Wildman–Crippen LogP) is 2.26. The zero-order valence-electron chi connectivity index (χ0n) is 14.7. The minimum absolute atomic E-state index is 0.0115. The summed E-state index contributed by atoms with van der Waals surface area (Å²) < 4.78 is 5.73. The van der Waals surface area contributed by atoms with Gasteiger partial charge in [0.15, 0.2) is 6.10 Å². The van der Waals surface area contributed by atoms with Gasteiger partial charge in [-0.3, -0.25) is 19.3 Å². The number of rotatable bonds is 4. The minimum Gasteiger partial charge on any atom is -0.478 e. The highest BCUT2D eigenvalue weighted by Gasteiger charge is 2.35. The van der Waals surface area contributed by atoms with Crippen molar-refractivity contribution in [3.05, 3.63) is 23.8 Å². The number of hydrogen-bond acceptors (Lipinski definition) is 4. The lowest BCUT2D eigenvalue weighted by atomic mass is 9.99. The van der Waals surface area contributed by atoms with Crippen LogP contribution in [0.4, 0.5) is 5.69 Å². The fourth-order valence-electron chi connectivity index (χ4n) is 3.33. The van der Waals surface area contributed by atoms with Crippen molar-refractivity contribution in [3.63, 3.8) is 0 Å². The molecule has 0 bridgehead atoms. The van der Waals surface area contributed by atoms with Crippen LogP contribution in [0.15, 0.2) is 18.2 Å². The Bertz CT molecular complexity index is 680. The number of carbonyl (C=O) groups is 3. The third-order valence-electron chi connectivity index (χ3n) is 5.02. The molecule has 2 aliphatic rings. The molecule has 1 aromatic rings. The molecule has 0 aromatic heterocycles. The van der Waals surface area contributed by atoms with Crippen LogP contribution in [0.5, 0.6) is 5.75 Å². The number of fused-ring (bicyclic) bond motifs is 1. The van der Waals surface area contributed by atoms with Crippen LogP contribution in [0.2, 0.25) is 0 Å². The van der Waals surface area contributed by atoms with Crippen LogP contribution in [-0.2, 0) is 9.59 Å². The first-order valence-corrected chi connectivity index (χ1v) is 8.88. The molecule has 1 saturated heterocycles. The molecular weight excluding hydrogens is 320 g/mol. The fourth-order valence-corrected chi connectivity index (χ4v) is 3.33. The first-order chi connectivity index (χ1) is 12.0. The maximum atomic E-state index is 12.7. The largest absolute Gasteiger partial charge is 0.478 e. The van der Waals surface area contributed by atoms with Gasteiger partial charge in [-0.25, -0.2) is 0 Å². The highest BCUT2D eigenvalue weighted by atomic mass is 16.5. The average Bonchev–Trinajstić information content (AvgIpc) is 2.63. The Hall–Kier alpha value is -2.37. The number of piperidine rings is 1. The van der Waals surface area contributed by atoms with E-state index in [0.29, 0.717) is 29.3 Å². The summed E-state index contributed by atoms with van der Waals surface area (Å²) >= 11 is 0. The number of ether oxygens (including phenoxy) is 1. The van der Waals surface area contributed by atoms with Crippen molar-refractivity contribution in [3.8, 4) is 5.75 Å². The summed E-state index contributed by atoms with van der Waals surface area (Å²) in [6.45, 7) is 5.52. The molecule has 2 heterocycles. The molecule has 0 spiro atoms. The Morgan fingerprint density at radius 1 is 1.32 bits per heavy atom. The van der Waals surface area contributed by atoms with Gasteiger partial charge >= 0.3 is 0 Å². The number of nitrogens with zero attached hydrogens (tertiary/aromatic N) is 2. The summed E-state index contributed by atoms with van der Waals surface area (Å²) in [5, 5.41) is 0. The van der Waals surface area contributed by atoms with Gasteiger partial charge in [0.05, 0.1) is 5.69 Å². The third-order valence-corrected chi connectivity index (χ3v) is 5.02. The molecule has 1 unspecified atom stereocenters. The summed E-state index contributed by atoms with van der Waals surface area (Å²) in [5.74, 6) is 0.891. The normalized spacial score (nSPS) is 20.9. The van der Waals surface area contributed by atoms with E-state index in [-0.39, 0.29) is 18.4 Å². The van der Waals surface area contributed by atoms with E-state index < -0.39 is 6.10 Å². The van der Waals surface area contributed by atoms with Crippen molar-refractivity contribution >= 4 is 23.8 Å². The number of carbonyl (C=O) groups excluding carboxylic acids is 3. The van der Waals surface area contributed by atoms with Gasteiger partial charge in [0.25, 0.3) is 5.91 Å². The van der Waals surface area contributed by atoms with Crippen LogP contribution in [-0.4, -0.2) is 48.7 Å². The van der Waals surface area contributed by atoms with Crippen molar-refractivity contribution in [1.82, 2.24) is 4.90 Å². The maximum Gasteiger partial charge on any atom is 0.268 e. The maximum absolute atomic E-state index is 12.7. The molecule has 3 rings (SSSR count). The van der Waals surface area contributed by atoms with Gasteiger partial charge in [-0.05, 0) is 43.4 Å². The molecule has 0 aliphatic carbocycles. The number of benzene rings is 1. The Kier molecular flexibility index (Phi) is 5.06. The van der Waals surface area contributed by atoms with Crippen molar-refractivity contribution in [1.29, 1.82) is 0 Å². The van der Waals surface area contributed by atoms with Gasteiger partial charge in [-0.15, -0.1) is 0 Å². The standard InChI is InChI=1S/C19H24N2O4/c1-3-16-19(24)21(11-18(23)20-8-6-13(2)7-9-20)15-10-14(12-22)4-5-17(15)25-16/h4-5,10,12-13,16H,3,6-9,11H2,1-2H3. The molecule has 1 fully saturated rings. The van der Waals surface area contributed by atoms with E-state index >= 15 is 0 Å². The highest BCUT2D eigenvalue weighted by Crippen LogP contribution is 2.35. The second-order valence-corrected chi connectivity index (χ2v) is 6.85. The van der Waals surface area contributed by atoms with Crippen molar-refractivity contribution in [2.75, 3.05) is 24.5 Å². The van der Waals surface area contributed by atoms with Crippen LogP contribution in [0.25, 0.3) is 0 Å². The molecule has 6 nitrogen and oxygen atoms in total. The van der Waals surface area contributed by atoms with Gasteiger partial charge in [0.2, 0.25) is 5.91 Å². The van der Waals surface area contributed by atoms with Gasteiger partial charge in [0.1, 0.15) is 18.6 Å². The predicted molar refractivity (Wildman–Crippen MR) is 93.9 cm³/mol. The topological polar surface area (TPSA) is 66.9 Å². The molecule has 6 heteroatoms. The van der Waals surface area contributed by atoms with Gasteiger partial charge in [-0.1, -0.05) is 13.8 Å². The lowest BCUT2D eigenvalue weighted by Crippen LogP contribution is -2.51. The quantitative estimate of drug-likeness (QED) is 0.786. The Morgan fingerprint density at radius 2 is 2.04 bits per heavy atom. The fraction of sp³-hybridized carbons (Fsp3) is 0.526. The van der Waals surface area contributed by atoms with Crippen LogP contribution < -0.4 is 9.64 Å². The lowest BCUT2D eigenvalue weighted by Gasteiger charge is -2.36. The Morgan fingerprint density at radius 3 is 2.68 bits per heavy atom. The molecule has 0 saturated carbocycles. The molecule has 0 radical (unpaired) electrons. The summed E-state index contributed by atoms with van der Waals surface area (Å²) in [6, 6.07) is 4.95. The van der Waals surface area contributed by atoms with Gasteiger partial charge in [0, 0.05) is 18.7 Å². The zero-order chi connectivity index (χ0) is 18.0. The first-order valence-electron chi connectivity index (χ1n) is 8.88. The van der Waals surface area contributed by atoms with Gasteiger partial charge in [-0.2, -0.15) is 0 Å². The SMILES string of the molecule is CCC1Oc2ccc(C=O)cc2N(CC(=O)N2CCC(C)CC2)C1=O. The van der Waals surface area contributed by atoms with E-state index in [1.54, 1.807) is 18.2 Å². The van der Waals surface area contributed by atoms with E-state index in [2.05, 4.69) is 6.92 Å². The number of amides is 2. The van der Waals surface area contributed by atoms with E-state index in [9.17, 15) is 14.4 Å². The monoisotopic (exact) mass is 344 g/mol. The second kappa shape index (κ2) is 7.25. The van der Waals surface area contributed by atoms with E-state index in [1.807, 2.05) is 11.8 Å². The Balaban J connectivity index is 1.84. The summed E-state index contributed by atoms with van der Waals surface area (Å²) in [6.07, 6.45) is 2.64. The van der Waals surface area contributed by atoms with E-state index in [1.165, 1.54) is 4.90 Å². The van der Waals surface area contributed by atoms with Crippen LogP contribution >= 0.6 is 0 Å². The van der Waals surface area contributed by atoms with Crippen molar-refractivity contribution in [2.45, 2.75) is 39.2 Å². The highest BCUT2D eigenvalue weighted by molar-refractivity contribution is 6.04. The molecule has 25 heavy (non-hydrogen) atoms. The third kappa shape index (κ3) is 3.52. The number of hydrogen-bond donors (Lipinski definition) is 0. The van der Waals surface area contributed by atoms with Crippen molar-refractivity contribution in [2.24, 2.45) is 5.92 Å². The summed E-state index contributed by atoms with van der Waals surface area (Å²) in [5.41, 5.74) is 0.951. The first kappa shape index (κ1) is 17.5. The van der Waals surface area contributed by atoms with E-state index in [0.717, 1.165) is 32.2 Å². The number of anilines is 1. The zero-order valence-corrected chi connectivity index (χ0v) is 14.7. The molecule has 2 aliphatic heterocycles. The smallest absolute Gasteiger partial charge is 0.268 e. The molecule has 1 aromatic carbocycles. The van der Waals surface area contributed by atoms with Crippen LogP contribution in [0.1, 0.15) is 43.5 Å². The van der Waals surface area contributed by atoms with Gasteiger partial charge < -0.3 is 9.64 Å². The molecule has 134 valence electrons. The summed E-state index contributed by atoms with van der Waals surface area (Å²) in [7, 11) is 0. The second-order valence-electron chi connectivity index (χ2n) is 6.85. The van der Waals surface area contributed by atoms with Crippen LogP contribution in [0, 0.1) is 5.92 Å². The molecule has 1 atom stereocenters. The Labute approximate surface area is 147 Å². The van der Waals surface area contributed by atoms with E-state index in [4.69, 9.17) is 4.74 Å². The average molecular weight is 344 g/mol. The molecule has 2 amide bonds. The lowest BCUT2D eigenvalue weighted by molar-refractivity contribution is -0.134. The summed E-state index contributed by atoms with van der Waals surface area (Å²) in [4.78, 5) is 39.8.